The Balaban J connectivity index is 1.55. The van der Waals surface area contributed by atoms with Gasteiger partial charge in [-0.05, 0) is 78.9 Å². The number of amides is 2. The molecule has 0 aliphatic heterocycles. The lowest BCUT2D eigenvalue weighted by molar-refractivity contribution is -0.149. The van der Waals surface area contributed by atoms with Gasteiger partial charge in [0.1, 0.15) is 23.9 Å². The van der Waals surface area contributed by atoms with Gasteiger partial charge in [0, 0.05) is 25.3 Å². The van der Waals surface area contributed by atoms with Crippen LogP contribution in [-0.2, 0) is 16.0 Å². The molecule has 0 heterocycles. The Morgan fingerprint density at radius 3 is 2.07 bits per heavy atom. The molecule has 0 saturated carbocycles. The van der Waals surface area contributed by atoms with Gasteiger partial charge in [0.25, 0.3) is 0 Å². The smallest absolute Gasteiger partial charge is 0.333 e. The number of nitrogens with zero attached hydrogens (tertiary/aromatic N) is 1. The molecule has 3 rings (SSSR count). The molecule has 0 bridgehead atoms. The van der Waals surface area contributed by atoms with Gasteiger partial charge in [0.2, 0.25) is 0 Å². The molecule has 2 N–H and O–H groups in total. The second-order valence-corrected chi connectivity index (χ2v) is 9.83. The Kier molecular flexibility index (Phi) is 12.4. The van der Waals surface area contributed by atoms with E-state index in [-0.39, 0.29) is 24.9 Å². The SMILES string of the molecule is CCOC(Cc1ccc(OCCN(CCCOc2ccc(F)cc2)C(=O)Nc2ccc(C(C)C)cc2)cc1)C(=O)O. The summed E-state index contributed by atoms with van der Waals surface area (Å²) in [5, 5.41) is 12.3. The van der Waals surface area contributed by atoms with Crippen LogP contribution < -0.4 is 14.8 Å². The van der Waals surface area contributed by atoms with Crippen molar-refractivity contribution in [3.05, 3.63) is 89.7 Å². The lowest BCUT2D eigenvalue weighted by atomic mass is 10.0. The second kappa shape index (κ2) is 16.2. The molecular weight excluding hydrogens is 527 g/mol. The number of anilines is 1. The number of carboxylic acid groups (broad SMARTS) is 1. The van der Waals surface area contributed by atoms with Crippen LogP contribution in [0.5, 0.6) is 11.5 Å². The van der Waals surface area contributed by atoms with E-state index >= 15 is 0 Å². The lowest BCUT2D eigenvalue weighted by Gasteiger charge is -2.23. The van der Waals surface area contributed by atoms with Crippen molar-refractivity contribution in [1.82, 2.24) is 4.90 Å². The van der Waals surface area contributed by atoms with Gasteiger partial charge in [-0.3, -0.25) is 0 Å². The zero-order valence-corrected chi connectivity index (χ0v) is 23.8. The normalized spacial score (nSPS) is 11.6. The molecule has 3 aromatic carbocycles. The minimum Gasteiger partial charge on any atom is -0.494 e. The molecule has 0 aliphatic rings. The van der Waals surface area contributed by atoms with Crippen LogP contribution >= 0.6 is 0 Å². The summed E-state index contributed by atoms with van der Waals surface area (Å²) in [7, 11) is 0. The maximum Gasteiger partial charge on any atom is 0.333 e. The molecule has 41 heavy (non-hydrogen) atoms. The van der Waals surface area contributed by atoms with Crippen LogP contribution in [0.3, 0.4) is 0 Å². The zero-order valence-electron chi connectivity index (χ0n) is 23.8. The van der Waals surface area contributed by atoms with Crippen molar-refractivity contribution in [2.75, 3.05) is 38.2 Å². The highest BCUT2D eigenvalue weighted by molar-refractivity contribution is 5.89. The predicted molar refractivity (Wildman–Crippen MR) is 156 cm³/mol. The van der Waals surface area contributed by atoms with Crippen molar-refractivity contribution < 1.29 is 33.3 Å². The fraction of sp³-hybridized carbons (Fsp3) is 0.375. The van der Waals surface area contributed by atoms with Gasteiger partial charge in [-0.1, -0.05) is 38.1 Å². The van der Waals surface area contributed by atoms with Gasteiger partial charge in [-0.2, -0.15) is 0 Å². The Labute approximate surface area is 241 Å². The number of ether oxygens (including phenoxy) is 3. The summed E-state index contributed by atoms with van der Waals surface area (Å²) in [5.41, 5.74) is 2.72. The van der Waals surface area contributed by atoms with E-state index in [4.69, 9.17) is 14.2 Å². The summed E-state index contributed by atoms with van der Waals surface area (Å²) in [6, 6.07) is 20.5. The predicted octanol–water partition coefficient (Wildman–Crippen LogP) is 6.36. The summed E-state index contributed by atoms with van der Waals surface area (Å²) in [5.74, 6) is 0.249. The minimum atomic E-state index is -0.996. The molecule has 1 unspecified atom stereocenters. The fourth-order valence-electron chi connectivity index (χ4n) is 4.07. The van der Waals surface area contributed by atoms with Gasteiger partial charge in [-0.15, -0.1) is 0 Å². The molecule has 0 radical (unpaired) electrons. The molecule has 0 saturated heterocycles. The highest BCUT2D eigenvalue weighted by Crippen LogP contribution is 2.18. The molecule has 8 nitrogen and oxygen atoms in total. The van der Waals surface area contributed by atoms with Crippen LogP contribution in [0.2, 0.25) is 0 Å². The van der Waals surface area contributed by atoms with Gasteiger partial charge in [0.15, 0.2) is 6.10 Å². The first-order valence-corrected chi connectivity index (χ1v) is 13.9. The average Bonchev–Trinajstić information content (AvgIpc) is 2.96. The first kappa shape index (κ1) is 31.4. The van der Waals surface area contributed by atoms with E-state index in [1.807, 2.05) is 36.4 Å². The highest BCUT2D eigenvalue weighted by atomic mass is 19.1. The number of halogens is 1. The molecule has 220 valence electrons. The molecule has 9 heteroatoms. The molecule has 0 aromatic heterocycles. The second-order valence-electron chi connectivity index (χ2n) is 9.83. The average molecular weight is 567 g/mol. The number of nitrogens with one attached hydrogen (secondary N) is 1. The summed E-state index contributed by atoms with van der Waals surface area (Å²) in [4.78, 5) is 26.2. The number of benzene rings is 3. The fourth-order valence-corrected chi connectivity index (χ4v) is 4.07. The third-order valence-corrected chi connectivity index (χ3v) is 6.39. The number of hydrogen-bond acceptors (Lipinski definition) is 5. The van der Waals surface area contributed by atoms with Crippen molar-refractivity contribution in [2.45, 2.75) is 45.6 Å². The van der Waals surface area contributed by atoms with Crippen molar-refractivity contribution in [1.29, 1.82) is 0 Å². The number of hydrogen-bond donors (Lipinski definition) is 2. The van der Waals surface area contributed by atoms with Crippen LogP contribution in [0.25, 0.3) is 0 Å². The largest absolute Gasteiger partial charge is 0.494 e. The van der Waals surface area contributed by atoms with E-state index in [1.165, 1.54) is 17.7 Å². The monoisotopic (exact) mass is 566 g/mol. The topological polar surface area (TPSA) is 97.3 Å². The molecule has 0 spiro atoms. The Bertz CT molecular complexity index is 1220. The molecule has 1 atom stereocenters. The molecule has 0 fully saturated rings. The number of carbonyl (C=O) groups excluding carboxylic acids is 1. The van der Waals surface area contributed by atoms with Crippen LogP contribution in [0.1, 0.15) is 44.2 Å². The van der Waals surface area contributed by atoms with Gasteiger partial charge in [-0.25, -0.2) is 14.0 Å². The van der Waals surface area contributed by atoms with E-state index in [0.29, 0.717) is 55.8 Å². The summed E-state index contributed by atoms with van der Waals surface area (Å²) < 4.78 is 30.0. The van der Waals surface area contributed by atoms with Crippen molar-refractivity contribution in [2.24, 2.45) is 0 Å². The standard InChI is InChI=1S/C32H39FN2O6/c1-4-39-30(31(36)37)22-24-6-14-28(15-7-24)41-21-19-35(18-5-20-40-29-16-10-26(33)11-17-29)32(38)34-27-12-8-25(9-13-27)23(2)3/h6-17,23,30H,4-5,18-22H2,1-3H3,(H,34,38)(H,36,37). The number of carboxylic acids is 1. The Morgan fingerprint density at radius 1 is 0.878 bits per heavy atom. The number of aliphatic carboxylic acids is 1. The van der Waals surface area contributed by atoms with Crippen molar-refractivity contribution >= 4 is 17.7 Å². The summed E-state index contributed by atoms with van der Waals surface area (Å²) >= 11 is 0. The van der Waals surface area contributed by atoms with Crippen molar-refractivity contribution in [3.63, 3.8) is 0 Å². The highest BCUT2D eigenvalue weighted by Gasteiger charge is 2.18. The minimum absolute atomic E-state index is 0.251. The number of rotatable bonds is 16. The molecule has 0 aliphatic carbocycles. The van der Waals surface area contributed by atoms with E-state index < -0.39 is 12.1 Å². The Hall–Kier alpha value is -4.11. The third kappa shape index (κ3) is 10.8. The first-order valence-electron chi connectivity index (χ1n) is 13.9. The van der Waals surface area contributed by atoms with Crippen LogP contribution in [0.4, 0.5) is 14.9 Å². The molecule has 3 aromatic rings. The number of carbonyl (C=O) groups is 2. The quantitative estimate of drug-likeness (QED) is 0.196. The van der Waals surface area contributed by atoms with E-state index in [1.54, 1.807) is 36.1 Å². The zero-order chi connectivity index (χ0) is 29.6. The van der Waals surface area contributed by atoms with E-state index in [2.05, 4.69) is 19.2 Å². The molecule has 2 amide bonds. The van der Waals surface area contributed by atoms with E-state index in [9.17, 15) is 19.1 Å². The molecular formula is C32H39FN2O6. The maximum atomic E-state index is 13.1. The maximum absolute atomic E-state index is 13.1. The van der Waals surface area contributed by atoms with Gasteiger partial charge < -0.3 is 29.5 Å². The lowest BCUT2D eigenvalue weighted by Crippen LogP contribution is -2.39. The van der Waals surface area contributed by atoms with Crippen molar-refractivity contribution in [3.8, 4) is 11.5 Å². The van der Waals surface area contributed by atoms with Gasteiger partial charge in [0.05, 0.1) is 13.2 Å². The summed E-state index contributed by atoms with van der Waals surface area (Å²) in [6.45, 7) is 7.69. The van der Waals surface area contributed by atoms with E-state index in [0.717, 1.165) is 5.56 Å². The third-order valence-electron chi connectivity index (χ3n) is 6.39. The van der Waals surface area contributed by atoms with Crippen LogP contribution in [-0.4, -0.2) is 61.0 Å². The summed E-state index contributed by atoms with van der Waals surface area (Å²) in [6.07, 6.45) is -0.0706. The van der Waals surface area contributed by atoms with Crippen LogP contribution in [0, 0.1) is 5.82 Å². The van der Waals surface area contributed by atoms with Crippen LogP contribution in [0.15, 0.2) is 72.8 Å². The first-order chi connectivity index (χ1) is 19.7. The Morgan fingerprint density at radius 2 is 1.49 bits per heavy atom. The number of urea groups is 1. The van der Waals surface area contributed by atoms with Gasteiger partial charge >= 0.3 is 12.0 Å².